The van der Waals surface area contributed by atoms with Crippen LogP contribution in [0.15, 0.2) is 18.3 Å². The maximum atomic E-state index is 12.7. The Morgan fingerprint density at radius 1 is 1.13 bits per heavy atom. The SMILES string of the molecule is CCCN(CCC)c1ccnc(C(=O)N2CCN(CC)CC2)c1. The maximum absolute atomic E-state index is 12.7. The molecule has 2 rings (SSSR count). The van der Waals surface area contributed by atoms with Gasteiger partial charge in [-0.3, -0.25) is 9.78 Å². The number of anilines is 1. The highest BCUT2D eigenvalue weighted by molar-refractivity contribution is 5.93. The Morgan fingerprint density at radius 2 is 1.78 bits per heavy atom. The summed E-state index contributed by atoms with van der Waals surface area (Å²) < 4.78 is 0. The van der Waals surface area contributed by atoms with Crippen LogP contribution in [0.25, 0.3) is 0 Å². The first-order valence-corrected chi connectivity index (χ1v) is 8.92. The molecule has 1 amide bonds. The van der Waals surface area contributed by atoms with Crippen LogP contribution in [0.2, 0.25) is 0 Å². The van der Waals surface area contributed by atoms with Gasteiger partial charge >= 0.3 is 0 Å². The van der Waals surface area contributed by atoms with Gasteiger partial charge in [-0.15, -0.1) is 0 Å². The van der Waals surface area contributed by atoms with Crippen LogP contribution in [0.5, 0.6) is 0 Å². The smallest absolute Gasteiger partial charge is 0.272 e. The number of rotatable bonds is 7. The first-order chi connectivity index (χ1) is 11.2. The number of hydrogen-bond acceptors (Lipinski definition) is 4. The molecule has 0 saturated carbocycles. The second-order valence-electron chi connectivity index (χ2n) is 6.11. The topological polar surface area (TPSA) is 39.7 Å². The van der Waals surface area contributed by atoms with E-state index in [1.807, 2.05) is 17.0 Å². The summed E-state index contributed by atoms with van der Waals surface area (Å²) in [6, 6.07) is 3.97. The first-order valence-electron chi connectivity index (χ1n) is 8.92. The largest absolute Gasteiger partial charge is 0.371 e. The van der Waals surface area contributed by atoms with Gasteiger partial charge in [0.05, 0.1) is 0 Å². The summed E-state index contributed by atoms with van der Waals surface area (Å²) in [5.41, 5.74) is 1.68. The molecule has 23 heavy (non-hydrogen) atoms. The summed E-state index contributed by atoms with van der Waals surface area (Å²) in [7, 11) is 0. The normalized spacial score (nSPS) is 15.7. The Kier molecular flexibility index (Phi) is 6.84. The van der Waals surface area contributed by atoms with Gasteiger partial charge in [-0.2, -0.15) is 0 Å². The van der Waals surface area contributed by atoms with Crippen LogP contribution < -0.4 is 4.90 Å². The number of pyridine rings is 1. The second-order valence-corrected chi connectivity index (χ2v) is 6.11. The second kappa shape index (κ2) is 8.87. The van der Waals surface area contributed by atoms with Gasteiger partial charge in [0.2, 0.25) is 0 Å². The Hall–Kier alpha value is -1.62. The van der Waals surface area contributed by atoms with Crippen LogP contribution in [0, 0.1) is 0 Å². The van der Waals surface area contributed by atoms with Crippen molar-refractivity contribution in [2.24, 2.45) is 0 Å². The van der Waals surface area contributed by atoms with Gasteiger partial charge < -0.3 is 14.7 Å². The van der Waals surface area contributed by atoms with Crippen LogP contribution in [-0.4, -0.2) is 66.5 Å². The number of hydrogen-bond donors (Lipinski definition) is 0. The number of aromatic nitrogens is 1. The van der Waals surface area contributed by atoms with Crippen LogP contribution in [-0.2, 0) is 0 Å². The third-order valence-electron chi connectivity index (χ3n) is 4.42. The molecular weight excluding hydrogens is 288 g/mol. The van der Waals surface area contributed by atoms with Crippen molar-refractivity contribution in [1.29, 1.82) is 0 Å². The van der Waals surface area contributed by atoms with Gasteiger partial charge in [0.15, 0.2) is 0 Å². The fourth-order valence-electron chi connectivity index (χ4n) is 3.07. The number of piperazine rings is 1. The molecule has 1 aliphatic heterocycles. The van der Waals surface area contributed by atoms with Crippen LogP contribution in [0.3, 0.4) is 0 Å². The average molecular weight is 318 g/mol. The zero-order chi connectivity index (χ0) is 16.7. The first kappa shape index (κ1) is 17.7. The van der Waals surface area contributed by atoms with Gasteiger partial charge in [-0.25, -0.2) is 0 Å². The molecule has 0 spiro atoms. The van der Waals surface area contributed by atoms with Crippen molar-refractivity contribution in [3.8, 4) is 0 Å². The van der Waals surface area contributed by atoms with Gasteiger partial charge in [-0.1, -0.05) is 20.8 Å². The predicted molar refractivity (Wildman–Crippen MR) is 95.0 cm³/mol. The van der Waals surface area contributed by atoms with E-state index >= 15 is 0 Å². The monoisotopic (exact) mass is 318 g/mol. The minimum Gasteiger partial charge on any atom is -0.371 e. The molecule has 1 fully saturated rings. The molecule has 128 valence electrons. The lowest BCUT2D eigenvalue weighted by Crippen LogP contribution is -2.48. The lowest BCUT2D eigenvalue weighted by Gasteiger charge is -2.34. The molecule has 0 aliphatic carbocycles. The summed E-state index contributed by atoms with van der Waals surface area (Å²) in [4.78, 5) is 23.7. The molecule has 0 bridgehead atoms. The van der Waals surface area contributed by atoms with Gasteiger partial charge in [0.1, 0.15) is 5.69 Å². The highest BCUT2D eigenvalue weighted by Crippen LogP contribution is 2.17. The summed E-state index contributed by atoms with van der Waals surface area (Å²) in [5, 5.41) is 0. The Balaban J connectivity index is 2.07. The lowest BCUT2D eigenvalue weighted by atomic mass is 10.2. The molecule has 1 aromatic rings. The minimum atomic E-state index is 0.0653. The number of nitrogens with zero attached hydrogens (tertiary/aromatic N) is 4. The number of amides is 1. The average Bonchev–Trinajstić information content (AvgIpc) is 2.61. The van der Waals surface area contributed by atoms with Crippen molar-refractivity contribution < 1.29 is 4.79 Å². The molecule has 1 aromatic heterocycles. The zero-order valence-electron chi connectivity index (χ0n) is 14.8. The standard InChI is InChI=1S/C18H30N4O/c1-4-9-21(10-5-2)16-7-8-19-17(15-16)18(23)22-13-11-20(6-3)12-14-22/h7-8,15H,4-6,9-14H2,1-3H3. The maximum Gasteiger partial charge on any atom is 0.272 e. The molecule has 2 heterocycles. The number of carbonyl (C=O) groups excluding carboxylic acids is 1. The van der Waals surface area contributed by atoms with E-state index in [0.29, 0.717) is 5.69 Å². The molecular formula is C18H30N4O. The van der Waals surface area contributed by atoms with Crippen molar-refractivity contribution in [1.82, 2.24) is 14.8 Å². The predicted octanol–water partition coefficient (Wildman–Crippen LogP) is 2.49. The van der Waals surface area contributed by atoms with E-state index < -0.39 is 0 Å². The summed E-state index contributed by atoms with van der Waals surface area (Å²) in [5.74, 6) is 0.0653. The van der Waals surface area contributed by atoms with Crippen molar-refractivity contribution in [3.63, 3.8) is 0 Å². The van der Waals surface area contributed by atoms with E-state index in [0.717, 1.165) is 64.3 Å². The fraction of sp³-hybridized carbons (Fsp3) is 0.667. The molecule has 1 aliphatic rings. The number of carbonyl (C=O) groups is 1. The highest BCUT2D eigenvalue weighted by atomic mass is 16.2. The van der Waals surface area contributed by atoms with E-state index in [9.17, 15) is 4.79 Å². The molecule has 5 heteroatoms. The van der Waals surface area contributed by atoms with E-state index in [2.05, 4.69) is 35.6 Å². The van der Waals surface area contributed by atoms with Crippen molar-refractivity contribution in [2.75, 3.05) is 50.7 Å². The van der Waals surface area contributed by atoms with Gasteiger partial charge in [-0.05, 0) is 31.5 Å². The lowest BCUT2D eigenvalue weighted by molar-refractivity contribution is 0.0637. The molecule has 0 atom stereocenters. The minimum absolute atomic E-state index is 0.0653. The van der Waals surface area contributed by atoms with Crippen LogP contribution in [0.1, 0.15) is 44.1 Å². The van der Waals surface area contributed by atoms with Crippen molar-refractivity contribution in [3.05, 3.63) is 24.0 Å². The molecule has 0 radical (unpaired) electrons. The quantitative estimate of drug-likeness (QED) is 0.774. The molecule has 1 saturated heterocycles. The van der Waals surface area contributed by atoms with E-state index in [1.54, 1.807) is 6.20 Å². The highest BCUT2D eigenvalue weighted by Gasteiger charge is 2.22. The summed E-state index contributed by atoms with van der Waals surface area (Å²) in [6.07, 6.45) is 3.97. The number of likely N-dealkylation sites (N-methyl/N-ethyl adjacent to an activating group) is 1. The molecule has 0 unspecified atom stereocenters. The van der Waals surface area contributed by atoms with Crippen LogP contribution in [0.4, 0.5) is 5.69 Å². The summed E-state index contributed by atoms with van der Waals surface area (Å²) >= 11 is 0. The van der Waals surface area contributed by atoms with Crippen molar-refractivity contribution >= 4 is 11.6 Å². The third-order valence-corrected chi connectivity index (χ3v) is 4.42. The third kappa shape index (κ3) is 4.67. The molecule has 5 nitrogen and oxygen atoms in total. The zero-order valence-corrected chi connectivity index (χ0v) is 14.8. The Bertz CT molecular complexity index is 492. The Morgan fingerprint density at radius 3 is 2.35 bits per heavy atom. The fourth-order valence-corrected chi connectivity index (χ4v) is 3.07. The van der Waals surface area contributed by atoms with E-state index in [4.69, 9.17) is 0 Å². The van der Waals surface area contributed by atoms with E-state index in [1.165, 1.54) is 0 Å². The van der Waals surface area contributed by atoms with Gasteiger partial charge in [0.25, 0.3) is 5.91 Å². The van der Waals surface area contributed by atoms with E-state index in [-0.39, 0.29) is 5.91 Å². The van der Waals surface area contributed by atoms with Crippen LogP contribution >= 0.6 is 0 Å². The van der Waals surface area contributed by atoms with Crippen molar-refractivity contribution in [2.45, 2.75) is 33.6 Å². The summed E-state index contributed by atoms with van der Waals surface area (Å²) in [6.45, 7) is 13.1. The van der Waals surface area contributed by atoms with Gasteiger partial charge in [0, 0.05) is 51.2 Å². The molecule has 0 N–H and O–H groups in total. The molecule has 0 aromatic carbocycles. The Labute approximate surface area is 140 Å².